The number of halogens is 2. The van der Waals surface area contributed by atoms with Gasteiger partial charge in [0.15, 0.2) is 6.61 Å². The molecule has 9 nitrogen and oxygen atoms in total. The number of aromatic amines is 1. The average molecular weight is 753 g/mol. The molecule has 13 heteroatoms. The van der Waals surface area contributed by atoms with Crippen molar-refractivity contribution in [2.75, 3.05) is 23.9 Å². The van der Waals surface area contributed by atoms with Crippen LogP contribution in [0.25, 0.3) is 0 Å². The van der Waals surface area contributed by atoms with Crippen molar-refractivity contribution in [2.24, 2.45) is 29.6 Å². The first kappa shape index (κ1) is 30.7. The molecule has 2 saturated carbocycles. The fraction of sp³-hybridized carbons (Fsp3) is 0.294. The molecule has 2 aliphatic heterocycles. The average Bonchev–Trinajstić information content (AvgIpc) is 3.80. The first-order valence-electron chi connectivity index (χ1n) is 15.1. The predicted molar refractivity (Wildman–Crippen MR) is 184 cm³/mol. The summed E-state index contributed by atoms with van der Waals surface area (Å²) in [5.41, 5.74) is 1.94. The maximum atomic E-state index is 14.1. The van der Waals surface area contributed by atoms with Crippen LogP contribution >= 0.6 is 50.6 Å². The van der Waals surface area contributed by atoms with E-state index in [1.165, 1.54) is 4.90 Å². The molecule has 3 fully saturated rings. The molecular weight excluding hydrogens is 726 g/mol. The first-order valence-corrected chi connectivity index (χ1v) is 18.0. The van der Waals surface area contributed by atoms with Crippen molar-refractivity contribution in [3.63, 3.8) is 0 Å². The van der Waals surface area contributed by atoms with Crippen LogP contribution in [0.15, 0.2) is 81.0 Å². The molecule has 3 amide bonds. The minimum Gasteiger partial charge on any atom is -0.497 e. The number of imide groups is 1. The molecule has 0 radical (unpaired) electrons. The Balaban J connectivity index is 1.12. The van der Waals surface area contributed by atoms with Gasteiger partial charge >= 0.3 is 4.87 Å². The summed E-state index contributed by atoms with van der Waals surface area (Å²) < 4.78 is 12.2. The standard InChI is InChI=1S/C34H27BrClN3O6S2/c1-44-19-9-5-17(6-10-19)37-24(40)14-45-23-11-4-16(36)12-20(23)25-26-21-13-22(29(26)46-31-30(25)47-34(43)38-31)28-27(21)32(41)39(33(28)42)18-7-2-15(35)3-8-18/h2-12,21-22,25-29H,13-14H2,1H3,(H,37,40)(H,38,43)/t21?,22?,25-,26?,27?,28?,29?/m1/s1. The zero-order valence-electron chi connectivity index (χ0n) is 24.8. The Morgan fingerprint density at radius 3 is 2.47 bits per heavy atom. The number of thioether (sulfide) groups is 1. The van der Waals surface area contributed by atoms with Gasteiger partial charge in [0.05, 0.1) is 29.7 Å². The number of fused-ring (bicyclic) bond motifs is 9. The number of thiazole rings is 1. The molecule has 4 aliphatic rings. The van der Waals surface area contributed by atoms with Gasteiger partial charge in [0, 0.05) is 36.8 Å². The lowest BCUT2D eigenvalue weighted by Gasteiger charge is -2.43. The third kappa shape index (κ3) is 5.11. The molecule has 7 atom stereocenters. The lowest BCUT2D eigenvalue weighted by molar-refractivity contribution is -0.123. The highest BCUT2D eigenvalue weighted by atomic mass is 79.9. The number of amides is 3. The summed E-state index contributed by atoms with van der Waals surface area (Å²) in [4.78, 5) is 58.7. The van der Waals surface area contributed by atoms with Gasteiger partial charge in [0.1, 0.15) is 11.5 Å². The van der Waals surface area contributed by atoms with Crippen molar-refractivity contribution in [1.82, 2.24) is 4.98 Å². The molecule has 2 aliphatic carbocycles. The van der Waals surface area contributed by atoms with Crippen LogP contribution in [0, 0.1) is 29.6 Å². The van der Waals surface area contributed by atoms with Crippen molar-refractivity contribution >= 4 is 79.7 Å². The lowest BCUT2D eigenvalue weighted by Crippen LogP contribution is -2.42. The molecule has 1 aromatic heterocycles. The van der Waals surface area contributed by atoms with E-state index in [2.05, 4.69) is 26.2 Å². The Kier molecular flexibility index (Phi) is 7.74. The van der Waals surface area contributed by atoms with Gasteiger partial charge in [-0.1, -0.05) is 38.9 Å². The molecule has 6 unspecified atom stereocenters. The zero-order chi connectivity index (χ0) is 32.6. The second kappa shape index (κ2) is 11.8. The smallest absolute Gasteiger partial charge is 0.305 e. The Hall–Kier alpha value is -3.58. The second-order valence-electron chi connectivity index (χ2n) is 12.2. The molecule has 1 saturated heterocycles. The minimum absolute atomic E-state index is 0.00387. The third-order valence-electron chi connectivity index (χ3n) is 9.85. The van der Waals surface area contributed by atoms with Gasteiger partial charge in [-0.25, -0.2) is 0 Å². The Morgan fingerprint density at radius 2 is 1.74 bits per heavy atom. The number of carbonyl (C=O) groups is 3. The van der Waals surface area contributed by atoms with Crippen LogP contribution in [0.4, 0.5) is 11.4 Å². The quantitative estimate of drug-likeness (QED) is 0.206. The van der Waals surface area contributed by atoms with E-state index in [1.807, 2.05) is 18.2 Å². The van der Waals surface area contributed by atoms with Crippen molar-refractivity contribution in [3.05, 3.63) is 96.3 Å². The number of anilines is 2. The van der Waals surface area contributed by atoms with Gasteiger partial charge < -0.3 is 19.8 Å². The lowest BCUT2D eigenvalue weighted by atomic mass is 9.68. The van der Waals surface area contributed by atoms with Crippen LogP contribution in [0.2, 0.25) is 5.02 Å². The largest absolute Gasteiger partial charge is 0.497 e. The van der Waals surface area contributed by atoms with Crippen molar-refractivity contribution in [1.29, 1.82) is 0 Å². The summed E-state index contributed by atoms with van der Waals surface area (Å²) in [6.45, 7) is -0.252. The molecule has 2 N–H and O–H groups in total. The summed E-state index contributed by atoms with van der Waals surface area (Å²) in [6, 6.07) is 19.5. The molecule has 240 valence electrons. The SMILES string of the molecule is COc1ccc(NC(=O)COc2ccc(Cl)cc2[C@H]2c3sc(=O)[nH]c3SC3C4CC(C5C(=O)N(c6ccc(Br)cc6)C(=O)C45)C32)cc1. The highest BCUT2D eigenvalue weighted by Gasteiger charge is 2.69. The Bertz CT molecular complexity index is 1980. The second-order valence-corrected chi connectivity index (χ2v) is 15.8. The van der Waals surface area contributed by atoms with E-state index >= 15 is 0 Å². The molecular formula is C34H27BrClN3O6S2. The maximum absolute atomic E-state index is 14.1. The van der Waals surface area contributed by atoms with Crippen molar-refractivity contribution < 1.29 is 23.9 Å². The highest BCUT2D eigenvalue weighted by Crippen LogP contribution is 2.69. The molecule has 4 aromatic rings. The van der Waals surface area contributed by atoms with E-state index in [4.69, 9.17) is 21.1 Å². The number of hydrogen-bond acceptors (Lipinski definition) is 8. The van der Waals surface area contributed by atoms with E-state index in [0.717, 1.165) is 37.7 Å². The first-order chi connectivity index (χ1) is 22.7. The van der Waals surface area contributed by atoms with Crippen LogP contribution in [-0.4, -0.2) is 41.7 Å². The number of H-pyrrole nitrogens is 1. The number of rotatable bonds is 7. The number of methoxy groups -OCH3 is 1. The summed E-state index contributed by atoms with van der Waals surface area (Å²) in [6.07, 6.45) is 0.750. The van der Waals surface area contributed by atoms with E-state index in [1.54, 1.807) is 67.4 Å². The van der Waals surface area contributed by atoms with E-state index in [0.29, 0.717) is 27.9 Å². The van der Waals surface area contributed by atoms with Gasteiger partial charge in [-0.15, -0.1) is 11.8 Å². The van der Waals surface area contributed by atoms with Crippen molar-refractivity contribution in [2.45, 2.75) is 22.6 Å². The molecule has 0 spiro atoms. The minimum atomic E-state index is -0.448. The van der Waals surface area contributed by atoms with Crippen LogP contribution < -0.4 is 24.6 Å². The van der Waals surface area contributed by atoms with Gasteiger partial charge in [0.2, 0.25) is 11.8 Å². The van der Waals surface area contributed by atoms with E-state index in [-0.39, 0.29) is 58.1 Å². The van der Waals surface area contributed by atoms with Crippen LogP contribution in [0.5, 0.6) is 11.5 Å². The van der Waals surface area contributed by atoms with Crippen LogP contribution in [0.1, 0.15) is 22.8 Å². The number of benzene rings is 3. The molecule has 47 heavy (non-hydrogen) atoms. The topological polar surface area (TPSA) is 118 Å². The van der Waals surface area contributed by atoms with E-state index in [9.17, 15) is 19.2 Å². The number of aromatic nitrogens is 1. The van der Waals surface area contributed by atoms with Gasteiger partial charge in [0.25, 0.3) is 5.91 Å². The number of hydrogen-bond donors (Lipinski definition) is 2. The summed E-state index contributed by atoms with van der Waals surface area (Å²) in [7, 11) is 1.58. The molecule has 3 heterocycles. The normalized spacial score (nSPS) is 27.0. The summed E-state index contributed by atoms with van der Waals surface area (Å²) in [5.74, 6) is -0.845. The van der Waals surface area contributed by atoms with Gasteiger partial charge in [-0.2, -0.15) is 0 Å². The zero-order valence-corrected chi connectivity index (χ0v) is 28.8. The summed E-state index contributed by atoms with van der Waals surface area (Å²) in [5, 5.41) is 4.10. The van der Waals surface area contributed by atoms with Crippen LogP contribution in [-0.2, 0) is 14.4 Å². The van der Waals surface area contributed by atoms with Crippen LogP contribution in [0.3, 0.4) is 0 Å². The summed E-state index contributed by atoms with van der Waals surface area (Å²) >= 11 is 12.8. The molecule has 8 rings (SSSR count). The Morgan fingerprint density at radius 1 is 1.02 bits per heavy atom. The molecule has 3 aromatic carbocycles. The molecule has 2 bridgehead atoms. The fourth-order valence-electron chi connectivity index (χ4n) is 8.12. The fourth-order valence-corrected chi connectivity index (χ4v) is 11.4. The van der Waals surface area contributed by atoms with Gasteiger partial charge in [-0.3, -0.25) is 24.1 Å². The third-order valence-corrected chi connectivity index (χ3v) is 13.2. The van der Waals surface area contributed by atoms with Gasteiger partial charge in [-0.05, 0) is 90.9 Å². The number of ether oxygens (including phenoxy) is 2. The highest BCUT2D eigenvalue weighted by molar-refractivity contribution is 9.10. The predicted octanol–water partition coefficient (Wildman–Crippen LogP) is 6.56. The Labute approximate surface area is 291 Å². The van der Waals surface area contributed by atoms with Crippen molar-refractivity contribution in [3.8, 4) is 11.5 Å². The number of carbonyl (C=O) groups excluding carboxylic acids is 3. The number of nitrogens with one attached hydrogen (secondary N) is 2. The monoisotopic (exact) mass is 751 g/mol. The maximum Gasteiger partial charge on any atom is 0.305 e. The van der Waals surface area contributed by atoms with E-state index < -0.39 is 11.8 Å². The number of nitrogens with zero attached hydrogens (tertiary/aromatic N) is 1.